The summed E-state index contributed by atoms with van der Waals surface area (Å²) in [4.78, 5) is 2.35. The highest BCUT2D eigenvalue weighted by Gasteiger charge is 2.05. The van der Waals surface area contributed by atoms with E-state index in [1.807, 2.05) is 10.9 Å². The van der Waals surface area contributed by atoms with E-state index < -0.39 is 0 Å². The van der Waals surface area contributed by atoms with Crippen LogP contribution < -0.4 is 5.32 Å². The number of ether oxygens (including phenoxy) is 1. The van der Waals surface area contributed by atoms with Gasteiger partial charge in [0.05, 0.1) is 18.8 Å². The van der Waals surface area contributed by atoms with Gasteiger partial charge in [-0.05, 0) is 19.0 Å². The lowest BCUT2D eigenvalue weighted by molar-refractivity contribution is 0.147. The minimum atomic E-state index is 0.656. The van der Waals surface area contributed by atoms with Crippen LogP contribution in [0, 0.1) is 5.92 Å². The van der Waals surface area contributed by atoms with Crippen molar-refractivity contribution in [1.29, 1.82) is 0 Å². The van der Waals surface area contributed by atoms with E-state index in [-0.39, 0.29) is 0 Å². The minimum absolute atomic E-state index is 0.656. The van der Waals surface area contributed by atoms with Crippen LogP contribution in [0.25, 0.3) is 0 Å². The predicted molar refractivity (Wildman–Crippen MR) is 80.6 cm³/mol. The fourth-order valence-corrected chi connectivity index (χ4v) is 1.91. The molecular formula is C14H29N5O. The Kier molecular flexibility index (Phi) is 8.41. The maximum atomic E-state index is 5.11. The first-order chi connectivity index (χ1) is 9.65. The summed E-state index contributed by atoms with van der Waals surface area (Å²) in [5.74, 6) is 0.656. The van der Waals surface area contributed by atoms with E-state index >= 15 is 0 Å². The van der Waals surface area contributed by atoms with E-state index in [9.17, 15) is 0 Å². The van der Waals surface area contributed by atoms with Gasteiger partial charge in [0, 0.05) is 32.9 Å². The van der Waals surface area contributed by atoms with Crippen LogP contribution in [-0.2, 0) is 17.8 Å². The Morgan fingerprint density at radius 1 is 1.40 bits per heavy atom. The van der Waals surface area contributed by atoms with E-state index in [1.165, 1.54) is 0 Å². The predicted octanol–water partition coefficient (Wildman–Crippen LogP) is 0.992. The molecule has 0 spiro atoms. The maximum absolute atomic E-state index is 5.11. The lowest BCUT2D eigenvalue weighted by Gasteiger charge is -2.19. The van der Waals surface area contributed by atoms with Crippen LogP contribution in [0.2, 0.25) is 0 Å². The highest BCUT2D eigenvalue weighted by atomic mass is 16.5. The molecule has 1 aromatic rings. The van der Waals surface area contributed by atoms with Gasteiger partial charge in [-0.25, -0.2) is 0 Å². The zero-order chi connectivity index (χ0) is 14.8. The van der Waals surface area contributed by atoms with Gasteiger partial charge < -0.3 is 10.1 Å². The van der Waals surface area contributed by atoms with Crippen molar-refractivity contribution in [3.05, 3.63) is 11.9 Å². The standard InChI is InChI=1S/C14H29N5O/c1-5-18(8-9-20-4)6-7-19-12-14(16-17-19)11-15-10-13(2)3/h12-13,15H,5-11H2,1-4H3. The summed E-state index contributed by atoms with van der Waals surface area (Å²) >= 11 is 0. The van der Waals surface area contributed by atoms with E-state index in [0.29, 0.717) is 5.92 Å². The van der Waals surface area contributed by atoms with Crippen molar-refractivity contribution < 1.29 is 4.74 Å². The second-order valence-corrected chi connectivity index (χ2v) is 5.42. The summed E-state index contributed by atoms with van der Waals surface area (Å²) in [5, 5.41) is 11.7. The Bertz CT molecular complexity index is 353. The van der Waals surface area contributed by atoms with Crippen molar-refractivity contribution in [2.75, 3.05) is 39.9 Å². The molecule has 0 amide bonds. The maximum Gasteiger partial charge on any atom is 0.0964 e. The molecule has 0 unspecified atom stereocenters. The van der Waals surface area contributed by atoms with Crippen LogP contribution >= 0.6 is 0 Å². The Hall–Kier alpha value is -0.980. The van der Waals surface area contributed by atoms with E-state index in [1.54, 1.807) is 7.11 Å². The lowest BCUT2D eigenvalue weighted by atomic mass is 10.2. The number of likely N-dealkylation sites (N-methyl/N-ethyl adjacent to an activating group) is 1. The van der Waals surface area contributed by atoms with Gasteiger partial charge in [-0.1, -0.05) is 26.0 Å². The van der Waals surface area contributed by atoms with Crippen LogP contribution in [-0.4, -0.2) is 59.8 Å². The van der Waals surface area contributed by atoms with Crippen LogP contribution in [0.4, 0.5) is 0 Å². The molecule has 0 aliphatic carbocycles. The third kappa shape index (κ3) is 6.98. The summed E-state index contributed by atoms with van der Waals surface area (Å²) in [6, 6.07) is 0. The van der Waals surface area contributed by atoms with Crippen molar-refractivity contribution in [1.82, 2.24) is 25.2 Å². The second-order valence-electron chi connectivity index (χ2n) is 5.42. The van der Waals surface area contributed by atoms with Gasteiger partial charge in [0.1, 0.15) is 0 Å². The van der Waals surface area contributed by atoms with Crippen LogP contribution in [0.5, 0.6) is 0 Å². The number of nitrogens with zero attached hydrogens (tertiary/aromatic N) is 4. The zero-order valence-corrected chi connectivity index (χ0v) is 13.3. The number of aromatic nitrogens is 3. The number of rotatable bonds is 11. The minimum Gasteiger partial charge on any atom is -0.383 e. The Labute approximate surface area is 122 Å². The van der Waals surface area contributed by atoms with Crippen LogP contribution in [0.1, 0.15) is 26.5 Å². The average Bonchev–Trinajstić information content (AvgIpc) is 2.86. The van der Waals surface area contributed by atoms with E-state index in [4.69, 9.17) is 4.74 Å². The van der Waals surface area contributed by atoms with Crippen molar-refractivity contribution in [2.45, 2.75) is 33.9 Å². The second kappa shape index (κ2) is 9.85. The molecule has 0 aliphatic rings. The zero-order valence-electron chi connectivity index (χ0n) is 13.3. The Balaban J connectivity index is 2.28. The third-order valence-corrected chi connectivity index (χ3v) is 3.15. The molecule has 0 fully saturated rings. The molecule has 20 heavy (non-hydrogen) atoms. The number of nitrogens with one attached hydrogen (secondary N) is 1. The van der Waals surface area contributed by atoms with Crippen molar-refractivity contribution in [2.24, 2.45) is 5.92 Å². The fourth-order valence-electron chi connectivity index (χ4n) is 1.91. The number of hydrogen-bond acceptors (Lipinski definition) is 5. The summed E-state index contributed by atoms with van der Waals surface area (Å²) < 4.78 is 7.03. The molecule has 1 rings (SSSR count). The first-order valence-electron chi connectivity index (χ1n) is 7.46. The van der Waals surface area contributed by atoms with Crippen LogP contribution in [0.3, 0.4) is 0 Å². The Morgan fingerprint density at radius 3 is 2.85 bits per heavy atom. The first kappa shape index (κ1) is 17.1. The SMILES string of the molecule is CCN(CCOC)CCn1cc(CNCC(C)C)nn1. The molecule has 116 valence electrons. The molecule has 0 saturated heterocycles. The fraction of sp³-hybridized carbons (Fsp3) is 0.857. The molecule has 6 nitrogen and oxygen atoms in total. The summed E-state index contributed by atoms with van der Waals surface area (Å²) in [7, 11) is 1.74. The van der Waals surface area contributed by atoms with Crippen LogP contribution in [0.15, 0.2) is 6.20 Å². The highest BCUT2D eigenvalue weighted by Crippen LogP contribution is 1.96. The van der Waals surface area contributed by atoms with E-state index in [0.717, 1.165) is 51.6 Å². The molecule has 1 heterocycles. The summed E-state index contributed by atoms with van der Waals surface area (Å²) in [5.41, 5.74) is 1.01. The molecule has 6 heteroatoms. The molecule has 1 aromatic heterocycles. The van der Waals surface area contributed by atoms with Gasteiger partial charge in [0.15, 0.2) is 0 Å². The van der Waals surface area contributed by atoms with Gasteiger partial charge in [-0.3, -0.25) is 9.58 Å². The van der Waals surface area contributed by atoms with Crippen molar-refractivity contribution >= 4 is 0 Å². The molecule has 0 saturated carbocycles. The molecule has 0 radical (unpaired) electrons. The van der Waals surface area contributed by atoms with Gasteiger partial charge in [-0.2, -0.15) is 0 Å². The molecule has 0 bridgehead atoms. The Morgan fingerprint density at radius 2 is 2.20 bits per heavy atom. The molecular weight excluding hydrogens is 254 g/mol. The highest BCUT2D eigenvalue weighted by molar-refractivity contribution is 4.91. The molecule has 0 atom stereocenters. The molecule has 0 aromatic carbocycles. The molecule has 0 aliphatic heterocycles. The van der Waals surface area contributed by atoms with Crippen molar-refractivity contribution in [3.8, 4) is 0 Å². The average molecular weight is 283 g/mol. The van der Waals surface area contributed by atoms with E-state index in [2.05, 4.69) is 41.3 Å². The topological polar surface area (TPSA) is 55.2 Å². The quantitative estimate of drug-likeness (QED) is 0.656. The van der Waals surface area contributed by atoms with Crippen molar-refractivity contribution in [3.63, 3.8) is 0 Å². The normalized spacial score (nSPS) is 11.7. The third-order valence-electron chi connectivity index (χ3n) is 3.15. The lowest BCUT2D eigenvalue weighted by Crippen LogP contribution is -2.30. The number of methoxy groups -OCH3 is 1. The smallest absolute Gasteiger partial charge is 0.0964 e. The van der Waals surface area contributed by atoms with Gasteiger partial charge in [-0.15, -0.1) is 5.10 Å². The van der Waals surface area contributed by atoms with Gasteiger partial charge in [0.2, 0.25) is 0 Å². The monoisotopic (exact) mass is 283 g/mol. The largest absolute Gasteiger partial charge is 0.383 e. The first-order valence-corrected chi connectivity index (χ1v) is 7.46. The van der Waals surface area contributed by atoms with Gasteiger partial charge in [0.25, 0.3) is 0 Å². The summed E-state index contributed by atoms with van der Waals surface area (Å²) in [6.07, 6.45) is 2.03. The summed E-state index contributed by atoms with van der Waals surface area (Å²) in [6.45, 7) is 13.0. The number of hydrogen-bond donors (Lipinski definition) is 1. The van der Waals surface area contributed by atoms with Gasteiger partial charge >= 0.3 is 0 Å². The molecule has 1 N–H and O–H groups in total.